The maximum atomic E-state index is 14.6. The summed E-state index contributed by atoms with van der Waals surface area (Å²) < 4.78 is 5.63. The number of carbonyl (C=O) groups is 3. The molecule has 0 aromatic carbocycles. The monoisotopic (exact) mass is 555 g/mol. The highest BCUT2D eigenvalue weighted by molar-refractivity contribution is 5.86. The van der Waals surface area contributed by atoms with Gasteiger partial charge in [0, 0.05) is 30.7 Å². The highest BCUT2D eigenvalue weighted by atomic mass is 16.6. The lowest BCUT2D eigenvalue weighted by Gasteiger charge is -2.72. The molecule has 5 aliphatic carbocycles. The van der Waals surface area contributed by atoms with Crippen LogP contribution in [0.25, 0.3) is 0 Å². The lowest BCUT2D eigenvalue weighted by Crippen LogP contribution is -2.69. The molecule has 0 spiro atoms. The zero-order valence-corrected chi connectivity index (χ0v) is 27.2. The Morgan fingerprint density at radius 3 is 2.17 bits per heavy atom. The number of carbonyl (C=O) groups excluding carboxylic acids is 3. The van der Waals surface area contributed by atoms with Crippen LogP contribution in [0.1, 0.15) is 133 Å². The number of amides is 1. The van der Waals surface area contributed by atoms with Crippen molar-refractivity contribution in [2.75, 3.05) is 6.54 Å². The van der Waals surface area contributed by atoms with Gasteiger partial charge in [-0.2, -0.15) is 0 Å². The molecule has 40 heavy (non-hydrogen) atoms. The Morgan fingerprint density at radius 2 is 1.52 bits per heavy atom. The van der Waals surface area contributed by atoms with Crippen molar-refractivity contribution < 1.29 is 19.1 Å². The Labute approximate surface area is 243 Å². The van der Waals surface area contributed by atoms with Crippen molar-refractivity contribution in [3.8, 4) is 0 Å². The number of hydrogen-bond donors (Lipinski definition) is 1. The van der Waals surface area contributed by atoms with Crippen molar-refractivity contribution in [3.05, 3.63) is 0 Å². The zero-order chi connectivity index (χ0) is 29.7. The Kier molecular flexibility index (Phi) is 6.81. The molecule has 5 saturated carbocycles. The van der Waals surface area contributed by atoms with Gasteiger partial charge in [-0.25, -0.2) is 4.79 Å². The van der Waals surface area contributed by atoms with E-state index in [0.29, 0.717) is 42.8 Å². The van der Waals surface area contributed by atoms with Crippen molar-refractivity contribution in [2.45, 2.75) is 139 Å². The van der Waals surface area contributed by atoms with Gasteiger partial charge < -0.3 is 10.1 Å². The van der Waals surface area contributed by atoms with Gasteiger partial charge in [0.25, 0.3) is 0 Å². The van der Waals surface area contributed by atoms with E-state index in [-0.39, 0.29) is 50.4 Å². The number of alkyl carbamates (subject to hydrolysis) is 1. The second-order valence-corrected chi connectivity index (χ2v) is 18.0. The van der Waals surface area contributed by atoms with Crippen molar-refractivity contribution in [3.63, 3.8) is 0 Å². The molecule has 5 nitrogen and oxygen atoms in total. The number of fused-ring (bicyclic) bond motifs is 7. The van der Waals surface area contributed by atoms with Crippen LogP contribution < -0.4 is 5.32 Å². The summed E-state index contributed by atoms with van der Waals surface area (Å²) in [6.07, 6.45) is 9.37. The summed E-state index contributed by atoms with van der Waals surface area (Å²) in [5.74, 6) is 1.84. The summed E-state index contributed by atoms with van der Waals surface area (Å²) in [6.45, 7) is 22.8. The van der Waals surface area contributed by atoms with Gasteiger partial charge in [0.05, 0.1) is 0 Å². The molecule has 0 aliphatic heterocycles. The quantitative estimate of drug-likeness (QED) is 0.373. The van der Waals surface area contributed by atoms with Gasteiger partial charge in [0.2, 0.25) is 0 Å². The van der Waals surface area contributed by atoms with Gasteiger partial charge in [-0.15, -0.1) is 0 Å². The predicted molar refractivity (Wildman–Crippen MR) is 159 cm³/mol. The second kappa shape index (κ2) is 9.06. The Hall–Kier alpha value is -1.39. The van der Waals surface area contributed by atoms with Crippen LogP contribution in [0.3, 0.4) is 0 Å². The minimum atomic E-state index is -0.531. The van der Waals surface area contributed by atoms with Crippen molar-refractivity contribution in [1.29, 1.82) is 0 Å². The van der Waals surface area contributed by atoms with Crippen LogP contribution >= 0.6 is 0 Å². The topological polar surface area (TPSA) is 72.5 Å². The third-order valence-electron chi connectivity index (χ3n) is 13.9. The van der Waals surface area contributed by atoms with E-state index in [0.717, 1.165) is 51.4 Å². The summed E-state index contributed by atoms with van der Waals surface area (Å²) >= 11 is 0. The third-order valence-corrected chi connectivity index (χ3v) is 13.9. The van der Waals surface area contributed by atoms with E-state index < -0.39 is 5.60 Å². The molecule has 0 radical (unpaired) electrons. The maximum absolute atomic E-state index is 14.6. The number of Topliss-reactive ketones (excluding diaryl/α,β-unsaturated/α-hetero) is 2. The summed E-state index contributed by atoms with van der Waals surface area (Å²) in [6, 6.07) is 0. The van der Waals surface area contributed by atoms with Crippen LogP contribution in [-0.4, -0.2) is 29.8 Å². The van der Waals surface area contributed by atoms with Crippen LogP contribution in [-0.2, 0) is 14.3 Å². The molecule has 5 rings (SSSR count). The van der Waals surface area contributed by atoms with Crippen molar-refractivity contribution in [2.24, 2.45) is 56.2 Å². The summed E-state index contributed by atoms with van der Waals surface area (Å²) in [5.41, 5.74) is -0.690. The molecule has 5 fully saturated rings. The summed E-state index contributed by atoms with van der Waals surface area (Å²) in [7, 11) is 0. The molecule has 226 valence electrons. The van der Waals surface area contributed by atoms with Crippen LogP contribution in [0.15, 0.2) is 0 Å². The first kappa shape index (κ1) is 30.1. The van der Waals surface area contributed by atoms with Crippen LogP contribution in [0.4, 0.5) is 4.79 Å². The second-order valence-electron chi connectivity index (χ2n) is 18.0. The minimum Gasteiger partial charge on any atom is -0.444 e. The molecular weight excluding hydrogens is 498 g/mol. The molecular formula is C35H57NO4. The fraction of sp³-hybridized carbons (Fsp3) is 0.914. The van der Waals surface area contributed by atoms with Gasteiger partial charge in [0.1, 0.15) is 17.2 Å². The first-order chi connectivity index (χ1) is 18.2. The smallest absolute Gasteiger partial charge is 0.407 e. The average molecular weight is 556 g/mol. The maximum Gasteiger partial charge on any atom is 0.407 e. The van der Waals surface area contributed by atoms with Crippen molar-refractivity contribution >= 4 is 17.7 Å². The third kappa shape index (κ3) is 4.32. The standard InChI is InChI=1S/C35H57NO4/c1-29(2,3)40-28(39)36-21-35-17-15-30(4,5)20-22(35)27-23(37)19-25-32(8)13-12-26(38)31(6,7)24(32)11-14-33(25,9)34(27,10)16-18-35/h22,24-25,27H,11-21H2,1-10H3,(H,36,39)/t22-,24-,25+,27-,32-,33+,34+,35+/m0/s1. The molecule has 1 amide bonds. The predicted octanol–water partition coefficient (Wildman–Crippen LogP) is 8.14. The molecule has 0 bridgehead atoms. The first-order valence-corrected chi connectivity index (χ1v) is 16.2. The fourth-order valence-corrected chi connectivity index (χ4v) is 11.5. The number of ether oxygens (including phenoxy) is 1. The number of ketones is 2. The van der Waals surface area contributed by atoms with E-state index in [2.05, 4.69) is 53.8 Å². The number of rotatable bonds is 2. The highest BCUT2D eigenvalue weighted by Gasteiger charge is 2.72. The first-order valence-electron chi connectivity index (χ1n) is 16.2. The molecule has 0 aromatic rings. The molecule has 0 heterocycles. The number of hydrogen-bond acceptors (Lipinski definition) is 4. The Balaban J connectivity index is 1.50. The van der Waals surface area contributed by atoms with Crippen molar-refractivity contribution in [1.82, 2.24) is 5.32 Å². The molecule has 5 heteroatoms. The summed E-state index contributed by atoms with van der Waals surface area (Å²) in [5, 5.41) is 3.17. The molecule has 0 aromatic heterocycles. The van der Waals surface area contributed by atoms with E-state index in [1.165, 1.54) is 0 Å². The Morgan fingerprint density at radius 1 is 0.875 bits per heavy atom. The lowest BCUT2D eigenvalue weighted by atomic mass is 9.31. The van der Waals surface area contributed by atoms with Gasteiger partial charge in [0.15, 0.2) is 0 Å². The fourth-order valence-electron chi connectivity index (χ4n) is 11.5. The van der Waals surface area contributed by atoms with Crippen LogP contribution in [0.2, 0.25) is 0 Å². The number of nitrogens with one attached hydrogen (secondary N) is 1. The van der Waals surface area contributed by atoms with E-state index in [9.17, 15) is 14.4 Å². The summed E-state index contributed by atoms with van der Waals surface area (Å²) in [4.78, 5) is 40.4. The van der Waals surface area contributed by atoms with Crippen LogP contribution in [0, 0.1) is 56.2 Å². The molecule has 1 N–H and O–H groups in total. The largest absolute Gasteiger partial charge is 0.444 e. The van der Waals surface area contributed by atoms with E-state index >= 15 is 0 Å². The molecule has 5 aliphatic rings. The van der Waals surface area contributed by atoms with E-state index in [1.54, 1.807) is 0 Å². The average Bonchev–Trinajstić information content (AvgIpc) is 2.81. The van der Waals surface area contributed by atoms with Gasteiger partial charge in [-0.3, -0.25) is 9.59 Å². The molecule has 8 atom stereocenters. The molecule has 0 saturated heterocycles. The Bertz CT molecular complexity index is 1090. The van der Waals surface area contributed by atoms with Gasteiger partial charge in [-0.05, 0) is 117 Å². The van der Waals surface area contributed by atoms with E-state index in [1.807, 2.05) is 20.8 Å². The van der Waals surface area contributed by atoms with Gasteiger partial charge in [-0.1, -0.05) is 48.5 Å². The van der Waals surface area contributed by atoms with Crippen LogP contribution in [0.5, 0.6) is 0 Å². The zero-order valence-electron chi connectivity index (χ0n) is 27.2. The normalized spacial score (nSPS) is 45.9. The van der Waals surface area contributed by atoms with E-state index in [4.69, 9.17) is 4.74 Å². The van der Waals surface area contributed by atoms with Gasteiger partial charge >= 0.3 is 6.09 Å². The SMILES string of the molecule is CC1(C)CC[C@]2(CNC(=O)OC(C)(C)C)CC[C@]3(C)[C@H](C(=O)C[C@@H]4[C@@]5(C)CCC(=O)C(C)(C)[C@@H]5CC[C@]43C)[C@@H]2C1. The lowest BCUT2D eigenvalue weighted by molar-refractivity contribution is -0.233. The minimum absolute atomic E-state index is 0.0205. The highest BCUT2D eigenvalue weighted by Crippen LogP contribution is 2.76. The molecule has 0 unspecified atom stereocenters.